The second kappa shape index (κ2) is 11.1. The molecule has 2 N–H and O–H groups in total. The fourth-order valence-electron chi connectivity index (χ4n) is 5.16. The summed E-state index contributed by atoms with van der Waals surface area (Å²) in [4.78, 5) is 31.1. The fraction of sp³-hybridized carbons (Fsp3) is 0.379. The third kappa shape index (κ3) is 5.88. The lowest BCUT2D eigenvalue weighted by atomic mass is 10.0. The van der Waals surface area contributed by atoms with Crippen LogP contribution in [0.5, 0.6) is 11.5 Å². The van der Waals surface area contributed by atoms with Gasteiger partial charge in [-0.15, -0.1) is 0 Å². The summed E-state index contributed by atoms with van der Waals surface area (Å²) in [6.45, 7) is 5.94. The lowest BCUT2D eigenvalue weighted by Gasteiger charge is -2.44. The van der Waals surface area contributed by atoms with Crippen LogP contribution in [0.15, 0.2) is 47.4 Å². The summed E-state index contributed by atoms with van der Waals surface area (Å²) in [6.07, 6.45) is -3.52. The van der Waals surface area contributed by atoms with Crippen LogP contribution >= 0.6 is 0 Å². The van der Waals surface area contributed by atoms with E-state index in [0.717, 1.165) is 6.20 Å². The third-order valence-corrected chi connectivity index (χ3v) is 7.57. The number of rotatable bonds is 4. The molecule has 0 spiro atoms. The molecule has 0 radical (unpaired) electrons. The molecule has 2 atom stereocenters. The zero-order valence-corrected chi connectivity index (χ0v) is 22.8. The molecule has 0 saturated carbocycles. The number of alkyl halides is 3. The molecule has 3 aromatic rings. The van der Waals surface area contributed by atoms with Crippen LogP contribution in [-0.2, 0) is 6.18 Å². The van der Waals surface area contributed by atoms with E-state index >= 15 is 4.39 Å². The molecule has 5 rings (SSSR count). The Morgan fingerprint density at radius 3 is 2.39 bits per heavy atom. The topological polar surface area (TPSA) is 86.9 Å². The number of nitrogens with one attached hydrogen (secondary N) is 2. The number of piperazine rings is 1. The Bertz CT molecular complexity index is 1510. The highest BCUT2D eigenvalue weighted by molar-refractivity contribution is 6.07. The van der Waals surface area contributed by atoms with Crippen molar-refractivity contribution < 1.29 is 31.8 Å². The summed E-state index contributed by atoms with van der Waals surface area (Å²) in [5.41, 5.74) is -2.10. The van der Waals surface area contributed by atoms with E-state index < -0.39 is 34.6 Å². The molecule has 2 aromatic carbocycles. The molecular weight excluding hydrogens is 544 g/mol. The van der Waals surface area contributed by atoms with Gasteiger partial charge in [0.25, 0.3) is 5.91 Å². The number of aromatic nitrogens is 1. The van der Waals surface area contributed by atoms with E-state index in [1.54, 1.807) is 18.2 Å². The van der Waals surface area contributed by atoms with Crippen LogP contribution in [0.3, 0.4) is 0 Å². The Morgan fingerprint density at radius 2 is 1.71 bits per heavy atom. The summed E-state index contributed by atoms with van der Waals surface area (Å²) < 4.78 is 68.3. The number of hydrogen-bond donors (Lipinski definition) is 2. The fourth-order valence-corrected chi connectivity index (χ4v) is 5.16. The van der Waals surface area contributed by atoms with Crippen molar-refractivity contribution in [1.29, 1.82) is 0 Å². The molecule has 2 unspecified atom stereocenters. The van der Waals surface area contributed by atoms with Gasteiger partial charge in [-0.2, -0.15) is 13.2 Å². The van der Waals surface area contributed by atoms with E-state index in [1.807, 2.05) is 25.8 Å². The molecule has 2 aliphatic heterocycles. The van der Waals surface area contributed by atoms with E-state index in [0.29, 0.717) is 61.5 Å². The van der Waals surface area contributed by atoms with Gasteiger partial charge in [0.05, 0.1) is 35.7 Å². The summed E-state index contributed by atoms with van der Waals surface area (Å²) in [5, 5.41) is 2.57. The average molecular weight is 575 g/mol. The van der Waals surface area contributed by atoms with E-state index in [2.05, 4.69) is 15.2 Å². The zero-order valence-electron chi connectivity index (χ0n) is 22.8. The quantitative estimate of drug-likeness (QED) is 0.420. The Morgan fingerprint density at radius 1 is 1.02 bits per heavy atom. The van der Waals surface area contributed by atoms with Crippen molar-refractivity contribution in [2.45, 2.75) is 38.5 Å². The normalized spacial score (nSPS) is 19.5. The predicted molar refractivity (Wildman–Crippen MR) is 146 cm³/mol. The lowest BCUT2D eigenvalue weighted by Crippen LogP contribution is -2.55. The molecule has 1 amide bonds. The first kappa shape index (κ1) is 28.5. The molecule has 12 heteroatoms. The van der Waals surface area contributed by atoms with Crippen molar-refractivity contribution in [3.63, 3.8) is 0 Å². The number of anilines is 2. The second-order valence-electron chi connectivity index (χ2n) is 10.4. The first-order valence-corrected chi connectivity index (χ1v) is 13.2. The van der Waals surface area contributed by atoms with Gasteiger partial charge in [-0.3, -0.25) is 14.5 Å². The average Bonchev–Trinajstić information content (AvgIpc) is 3.16. The van der Waals surface area contributed by atoms with Crippen molar-refractivity contribution >= 4 is 17.3 Å². The number of likely N-dealkylation sites (N-methyl/N-ethyl adjacent to an activating group) is 1. The van der Waals surface area contributed by atoms with Crippen molar-refractivity contribution in [3.05, 3.63) is 69.9 Å². The lowest BCUT2D eigenvalue weighted by molar-refractivity contribution is -0.138. The van der Waals surface area contributed by atoms with Crippen LogP contribution in [-0.4, -0.2) is 61.2 Å². The van der Waals surface area contributed by atoms with E-state index in [-0.39, 0.29) is 23.3 Å². The number of pyridine rings is 1. The first-order chi connectivity index (χ1) is 19.4. The maximum absolute atomic E-state index is 15.8. The number of hydrogen-bond acceptors (Lipinski definition) is 6. The minimum atomic E-state index is -4.94. The maximum Gasteiger partial charge on any atom is 0.417 e. The first-order valence-electron chi connectivity index (χ1n) is 13.2. The monoisotopic (exact) mass is 574 g/mol. The van der Waals surface area contributed by atoms with Gasteiger partial charge in [-0.25, -0.2) is 4.39 Å². The largest absolute Gasteiger partial charge is 0.490 e. The molecule has 2 aliphatic rings. The van der Waals surface area contributed by atoms with Crippen LogP contribution in [0.2, 0.25) is 0 Å². The van der Waals surface area contributed by atoms with Crippen molar-refractivity contribution in [2.75, 3.05) is 43.6 Å². The van der Waals surface area contributed by atoms with E-state index in [1.165, 1.54) is 12.1 Å². The Hall–Kier alpha value is -4.06. The number of benzene rings is 2. The Balaban J connectivity index is 1.60. The van der Waals surface area contributed by atoms with Gasteiger partial charge in [0.15, 0.2) is 11.5 Å². The van der Waals surface area contributed by atoms with Crippen LogP contribution in [0.1, 0.15) is 36.2 Å². The molecule has 1 aromatic heterocycles. The summed E-state index contributed by atoms with van der Waals surface area (Å²) in [6, 6.07) is 8.17. The number of ether oxygens (including phenoxy) is 2. The molecular formula is C29H30F4N4O4. The highest BCUT2D eigenvalue weighted by Gasteiger charge is 2.36. The smallest absolute Gasteiger partial charge is 0.417 e. The molecule has 218 valence electrons. The molecule has 1 fully saturated rings. The van der Waals surface area contributed by atoms with Crippen molar-refractivity contribution in [3.8, 4) is 22.6 Å². The molecule has 3 heterocycles. The predicted octanol–water partition coefficient (Wildman–Crippen LogP) is 5.14. The Kier molecular flexibility index (Phi) is 7.69. The number of aromatic amines is 1. The number of H-pyrrole nitrogens is 1. The van der Waals surface area contributed by atoms with Crippen LogP contribution in [0.25, 0.3) is 11.1 Å². The maximum atomic E-state index is 15.8. The molecule has 41 heavy (non-hydrogen) atoms. The highest BCUT2D eigenvalue weighted by Crippen LogP contribution is 2.40. The number of carbonyl (C=O) groups excluding carboxylic acids is 1. The summed E-state index contributed by atoms with van der Waals surface area (Å²) in [5.74, 6) is -0.707. The SMILES string of the molecule is CC1CN(c2cc(F)c(-c3ccc4c(c3)OCCCO4)cc2NC(=O)c2c[nH]c(=O)cc2C(F)(F)F)CC(C)N1C. The minimum absolute atomic E-state index is 0.0859. The van der Waals surface area contributed by atoms with Crippen LogP contribution < -0.4 is 25.2 Å². The number of halogens is 4. The van der Waals surface area contributed by atoms with Gasteiger partial charge >= 0.3 is 6.18 Å². The van der Waals surface area contributed by atoms with Gasteiger partial charge in [0.1, 0.15) is 5.82 Å². The van der Waals surface area contributed by atoms with E-state index in [4.69, 9.17) is 9.47 Å². The van der Waals surface area contributed by atoms with Crippen molar-refractivity contribution in [1.82, 2.24) is 9.88 Å². The number of fused-ring (bicyclic) bond motifs is 1. The van der Waals surface area contributed by atoms with Gasteiger partial charge in [0, 0.05) is 49.4 Å². The van der Waals surface area contributed by atoms with Gasteiger partial charge < -0.3 is 24.7 Å². The highest BCUT2D eigenvalue weighted by atomic mass is 19.4. The minimum Gasteiger partial charge on any atom is -0.490 e. The number of amides is 1. The number of nitrogens with zero attached hydrogens (tertiary/aromatic N) is 2. The zero-order chi connectivity index (χ0) is 29.5. The molecule has 0 bridgehead atoms. The van der Waals surface area contributed by atoms with Crippen molar-refractivity contribution in [2.24, 2.45) is 0 Å². The van der Waals surface area contributed by atoms with Crippen LogP contribution in [0.4, 0.5) is 28.9 Å². The van der Waals surface area contributed by atoms with Crippen LogP contribution in [0, 0.1) is 5.82 Å². The Labute approximate surface area is 233 Å². The van der Waals surface area contributed by atoms with Gasteiger partial charge in [-0.1, -0.05) is 6.07 Å². The van der Waals surface area contributed by atoms with Gasteiger partial charge in [-0.05, 0) is 50.7 Å². The molecule has 8 nitrogen and oxygen atoms in total. The molecule has 1 saturated heterocycles. The number of carbonyl (C=O) groups is 1. The van der Waals surface area contributed by atoms with E-state index in [9.17, 15) is 22.8 Å². The summed E-state index contributed by atoms with van der Waals surface area (Å²) in [7, 11) is 1.98. The molecule has 0 aliphatic carbocycles. The summed E-state index contributed by atoms with van der Waals surface area (Å²) >= 11 is 0. The third-order valence-electron chi connectivity index (χ3n) is 7.57. The van der Waals surface area contributed by atoms with Gasteiger partial charge in [0.2, 0.25) is 5.56 Å². The second-order valence-corrected chi connectivity index (χ2v) is 10.4. The standard InChI is InChI=1S/C29H30F4N4O4/c1-16-14-37(15-17(2)36(16)3)24-12-22(30)19(18-5-6-25-26(9-18)41-8-4-7-40-25)10-23(24)35-28(39)20-13-34-27(38)11-21(20)29(31,32)33/h5-6,9-13,16-17H,4,7-8,14-15H2,1-3H3,(H,34,38)(H,35,39).